The number of Topliss-reactive ketones (excluding diaryl/α,β-unsaturated/α-hetero) is 1. The van der Waals surface area contributed by atoms with Crippen LogP contribution in [0.1, 0.15) is 77.6 Å². The van der Waals surface area contributed by atoms with Gasteiger partial charge in [0, 0.05) is 12.5 Å². The number of ketones is 1. The molecule has 2 aliphatic carbocycles. The Balaban J connectivity index is 2.06. The fourth-order valence-electron chi connectivity index (χ4n) is 3.77. The molecule has 0 heterocycles. The summed E-state index contributed by atoms with van der Waals surface area (Å²) in [7, 11) is 0. The first-order valence-corrected chi connectivity index (χ1v) is 7.97. The zero-order valence-corrected chi connectivity index (χ0v) is 11.9. The standard InChI is InChI=1S/C16H28O2/c1-2-18-16(12-8-5-9-13-16)15(17)14-10-6-3-4-7-11-14/h14H,2-13H2,1H3. The Kier molecular flexibility index (Phi) is 5.23. The van der Waals surface area contributed by atoms with Gasteiger partial charge in [-0.25, -0.2) is 0 Å². The Hall–Kier alpha value is -0.370. The fourth-order valence-corrected chi connectivity index (χ4v) is 3.77. The number of hydrogen-bond acceptors (Lipinski definition) is 2. The van der Waals surface area contributed by atoms with Gasteiger partial charge >= 0.3 is 0 Å². The number of carbonyl (C=O) groups is 1. The number of ether oxygens (including phenoxy) is 1. The Morgan fingerprint density at radius 3 is 2.11 bits per heavy atom. The summed E-state index contributed by atoms with van der Waals surface area (Å²) in [6, 6.07) is 0. The highest BCUT2D eigenvalue weighted by atomic mass is 16.5. The molecule has 0 radical (unpaired) electrons. The molecule has 0 aromatic heterocycles. The quantitative estimate of drug-likeness (QED) is 0.699. The van der Waals surface area contributed by atoms with Crippen molar-refractivity contribution in [3.8, 4) is 0 Å². The van der Waals surface area contributed by atoms with Gasteiger partial charge in [-0.2, -0.15) is 0 Å². The predicted molar refractivity (Wildman–Crippen MR) is 73.6 cm³/mol. The van der Waals surface area contributed by atoms with E-state index in [9.17, 15) is 4.79 Å². The average Bonchev–Trinajstić information content (AvgIpc) is 2.68. The lowest BCUT2D eigenvalue weighted by Crippen LogP contribution is -2.46. The lowest BCUT2D eigenvalue weighted by molar-refractivity contribution is -0.153. The van der Waals surface area contributed by atoms with Crippen LogP contribution in [-0.4, -0.2) is 18.0 Å². The van der Waals surface area contributed by atoms with Crippen LogP contribution in [-0.2, 0) is 9.53 Å². The molecule has 2 fully saturated rings. The van der Waals surface area contributed by atoms with Crippen LogP contribution < -0.4 is 0 Å². The molecule has 0 atom stereocenters. The molecule has 0 spiro atoms. The molecule has 2 rings (SSSR count). The molecule has 2 saturated carbocycles. The second-order valence-corrected chi connectivity index (χ2v) is 6.04. The van der Waals surface area contributed by atoms with Gasteiger partial charge in [-0.3, -0.25) is 4.79 Å². The monoisotopic (exact) mass is 252 g/mol. The summed E-state index contributed by atoms with van der Waals surface area (Å²) in [4.78, 5) is 12.9. The Morgan fingerprint density at radius 1 is 1.00 bits per heavy atom. The number of rotatable bonds is 4. The maximum Gasteiger partial charge on any atom is 0.167 e. The lowest BCUT2D eigenvalue weighted by Gasteiger charge is -2.38. The van der Waals surface area contributed by atoms with E-state index in [1.165, 1.54) is 44.9 Å². The second-order valence-electron chi connectivity index (χ2n) is 6.04. The van der Waals surface area contributed by atoms with Crippen molar-refractivity contribution in [2.75, 3.05) is 6.61 Å². The van der Waals surface area contributed by atoms with E-state index in [1.807, 2.05) is 6.92 Å². The fraction of sp³-hybridized carbons (Fsp3) is 0.938. The molecule has 2 aliphatic rings. The molecule has 0 unspecified atom stereocenters. The molecule has 0 aromatic carbocycles. The van der Waals surface area contributed by atoms with E-state index in [1.54, 1.807) is 0 Å². The zero-order chi connectivity index (χ0) is 12.8. The minimum Gasteiger partial charge on any atom is -0.367 e. The Labute approximate surface area is 111 Å². The maximum absolute atomic E-state index is 12.9. The average molecular weight is 252 g/mol. The summed E-state index contributed by atoms with van der Waals surface area (Å²) in [5.41, 5.74) is -0.401. The van der Waals surface area contributed by atoms with E-state index >= 15 is 0 Å². The van der Waals surface area contributed by atoms with E-state index < -0.39 is 5.60 Å². The van der Waals surface area contributed by atoms with Crippen molar-refractivity contribution in [2.45, 2.75) is 83.2 Å². The van der Waals surface area contributed by atoms with Gasteiger partial charge in [0.2, 0.25) is 0 Å². The highest BCUT2D eigenvalue weighted by Gasteiger charge is 2.43. The molecule has 0 N–H and O–H groups in total. The zero-order valence-electron chi connectivity index (χ0n) is 11.9. The molecule has 0 aromatic rings. The molecule has 104 valence electrons. The summed E-state index contributed by atoms with van der Waals surface area (Å²) in [5, 5.41) is 0. The van der Waals surface area contributed by atoms with Gasteiger partial charge in [-0.15, -0.1) is 0 Å². The van der Waals surface area contributed by atoms with Gasteiger partial charge in [-0.1, -0.05) is 44.9 Å². The first kappa shape index (κ1) is 14.0. The van der Waals surface area contributed by atoms with Gasteiger partial charge in [0.05, 0.1) is 0 Å². The third-order valence-electron chi connectivity index (χ3n) is 4.76. The van der Waals surface area contributed by atoms with E-state index in [-0.39, 0.29) is 5.92 Å². The smallest absolute Gasteiger partial charge is 0.167 e. The van der Waals surface area contributed by atoms with E-state index in [4.69, 9.17) is 4.74 Å². The second kappa shape index (κ2) is 6.70. The van der Waals surface area contributed by atoms with Crippen LogP contribution in [0, 0.1) is 5.92 Å². The summed E-state index contributed by atoms with van der Waals surface area (Å²) in [6.45, 7) is 2.70. The topological polar surface area (TPSA) is 26.3 Å². The molecule has 0 saturated heterocycles. The number of carbonyl (C=O) groups excluding carboxylic acids is 1. The maximum atomic E-state index is 12.9. The Morgan fingerprint density at radius 2 is 1.56 bits per heavy atom. The van der Waals surface area contributed by atoms with Gasteiger partial charge in [-0.05, 0) is 32.6 Å². The van der Waals surface area contributed by atoms with Gasteiger partial charge in [0.25, 0.3) is 0 Å². The van der Waals surface area contributed by atoms with Crippen LogP contribution in [0.3, 0.4) is 0 Å². The minimum absolute atomic E-state index is 0.289. The summed E-state index contributed by atoms with van der Waals surface area (Å²) >= 11 is 0. The van der Waals surface area contributed by atoms with Crippen LogP contribution in [0.15, 0.2) is 0 Å². The van der Waals surface area contributed by atoms with Crippen LogP contribution in [0.25, 0.3) is 0 Å². The third kappa shape index (κ3) is 3.14. The van der Waals surface area contributed by atoms with Crippen LogP contribution in [0.4, 0.5) is 0 Å². The van der Waals surface area contributed by atoms with E-state index in [0.717, 1.165) is 25.7 Å². The normalized spacial score (nSPS) is 25.6. The molecule has 2 nitrogen and oxygen atoms in total. The number of hydrogen-bond donors (Lipinski definition) is 0. The van der Waals surface area contributed by atoms with Crippen LogP contribution in [0.5, 0.6) is 0 Å². The van der Waals surface area contributed by atoms with Crippen molar-refractivity contribution >= 4 is 5.78 Å². The largest absolute Gasteiger partial charge is 0.367 e. The third-order valence-corrected chi connectivity index (χ3v) is 4.76. The molecule has 0 aliphatic heterocycles. The summed E-state index contributed by atoms with van der Waals surface area (Å²) < 4.78 is 5.98. The van der Waals surface area contributed by atoms with Crippen molar-refractivity contribution in [3.05, 3.63) is 0 Å². The first-order valence-electron chi connectivity index (χ1n) is 7.97. The van der Waals surface area contributed by atoms with Gasteiger partial charge in [0.15, 0.2) is 5.78 Å². The van der Waals surface area contributed by atoms with Crippen LogP contribution >= 0.6 is 0 Å². The highest BCUT2D eigenvalue weighted by Crippen LogP contribution is 2.37. The van der Waals surface area contributed by atoms with E-state index in [2.05, 4.69) is 0 Å². The van der Waals surface area contributed by atoms with Crippen LogP contribution in [0.2, 0.25) is 0 Å². The predicted octanol–water partition coefficient (Wildman–Crippen LogP) is 4.27. The molecule has 18 heavy (non-hydrogen) atoms. The highest BCUT2D eigenvalue weighted by molar-refractivity contribution is 5.89. The molecular weight excluding hydrogens is 224 g/mol. The van der Waals surface area contributed by atoms with Crippen molar-refractivity contribution in [3.63, 3.8) is 0 Å². The SMILES string of the molecule is CCOC1(C(=O)C2CCCCCC2)CCCCC1. The molecule has 2 heteroatoms. The lowest BCUT2D eigenvalue weighted by atomic mass is 9.75. The van der Waals surface area contributed by atoms with E-state index in [0.29, 0.717) is 12.4 Å². The molecule has 0 amide bonds. The molecule has 0 bridgehead atoms. The summed E-state index contributed by atoms with van der Waals surface area (Å²) in [5.74, 6) is 0.739. The summed E-state index contributed by atoms with van der Waals surface area (Å²) in [6.07, 6.45) is 12.8. The first-order chi connectivity index (χ1) is 8.78. The van der Waals surface area contributed by atoms with Gasteiger partial charge < -0.3 is 4.74 Å². The Bertz CT molecular complexity index is 253. The minimum atomic E-state index is -0.401. The van der Waals surface area contributed by atoms with Crippen molar-refractivity contribution < 1.29 is 9.53 Å². The van der Waals surface area contributed by atoms with Crippen molar-refractivity contribution in [2.24, 2.45) is 5.92 Å². The van der Waals surface area contributed by atoms with Gasteiger partial charge in [0.1, 0.15) is 5.60 Å². The van der Waals surface area contributed by atoms with Crippen molar-refractivity contribution in [1.82, 2.24) is 0 Å². The molecular formula is C16H28O2. The van der Waals surface area contributed by atoms with Crippen molar-refractivity contribution in [1.29, 1.82) is 0 Å².